The molecule has 1 amide bonds. The quantitative estimate of drug-likeness (QED) is 0.878. The van der Waals surface area contributed by atoms with E-state index in [2.05, 4.69) is 35.1 Å². The zero-order valence-electron chi connectivity index (χ0n) is 11.2. The number of carbonyl (C=O) groups excluding carboxylic acids is 1. The standard InChI is InChI=1S/C14H21BrN2O/c1-9(2)6-11(8-16)17-14(18)12-5-4-10(3)7-13(12)15/h4-5,7,9,11H,6,8,16H2,1-3H3,(H,17,18). The second kappa shape index (κ2) is 6.90. The van der Waals surface area contributed by atoms with Gasteiger partial charge in [-0.3, -0.25) is 4.79 Å². The van der Waals surface area contributed by atoms with Crippen molar-refractivity contribution in [3.05, 3.63) is 33.8 Å². The highest BCUT2D eigenvalue weighted by Gasteiger charge is 2.15. The first-order chi connectivity index (χ1) is 8.43. The van der Waals surface area contributed by atoms with E-state index in [0.717, 1.165) is 16.5 Å². The van der Waals surface area contributed by atoms with Crippen LogP contribution >= 0.6 is 15.9 Å². The van der Waals surface area contributed by atoms with Gasteiger partial charge in [-0.2, -0.15) is 0 Å². The maximum atomic E-state index is 12.1. The Morgan fingerprint density at radius 2 is 2.11 bits per heavy atom. The van der Waals surface area contributed by atoms with Crippen molar-refractivity contribution in [3.63, 3.8) is 0 Å². The Bertz CT molecular complexity index is 418. The van der Waals surface area contributed by atoms with E-state index in [0.29, 0.717) is 18.0 Å². The molecule has 0 aliphatic heterocycles. The number of benzene rings is 1. The Kier molecular flexibility index (Phi) is 5.82. The molecule has 100 valence electrons. The monoisotopic (exact) mass is 312 g/mol. The van der Waals surface area contributed by atoms with Gasteiger partial charge in [0.1, 0.15) is 0 Å². The molecule has 3 N–H and O–H groups in total. The summed E-state index contributed by atoms with van der Waals surface area (Å²) in [6.45, 7) is 6.70. The topological polar surface area (TPSA) is 55.1 Å². The summed E-state index contributed by atoms with van der Waals surface area (Å²) in [5.74, 6) is 0.443. The predicted octanol–water partition coefficient (Wildman–Crippen LogP) is 2.86. The van der Waals surface area contributed by atoms with Gasteiger partial charge >= 0.3 is 0 Å². The molecule has 1 rings (SSSR count). The molecule has 0 aromatic heterocycles. The number of nitrogens with one attached hydrogen (secondary N) is 1. The molecule has 1 aromatic rings. The Labute approximate surface area is 117 Å². The number of rotatable bonds is 5. The molecular formula is C14H21BrN2O. The SMILES string of the molecule is Cc1ccc(C(=O)NC(CN)CC(C)C)c(Br)c1. The number of aryl methyl sites for hydroxylation is 1. The molecule has 0 spiro atoms. The van der Waals surface area contributed by atoms with Gasteiger partial charge < -0.3 is 11.1 Å². The minimum atomic E-state index is -0.0713. The summed E-state index contributed by atoms with van der Waals surface area (Å²) in [5.41, 5.74) is 7.46. The van der Waals surface area contributed by atoms with E-state index in [1.807, 2.05) is 25.1 Å². The summed E-state index contributed by atoms with van der Waals surface area (Å²) in [4.78, 5) is 12.1. The Morgan fingerprint density at radius 3 is 2.61 bits per heavy atom. The third kappa shape index (κ3) is 4.42. The minimum absolute atomic E-state index is 0.0331. The average Bonchev–Trinajstić information content (AvgIpc) is 2.27. The minimum Gasteiger partial charge on any atom is -0.348 e. The molecular weight excluding hydrogens is 292 g/mol. The third-order valence-electron chi connectivity index (χ3n) is 2.74. The second-order valence-electron chi connectivity index (χ2n) is 5.02. The lowest BCUT2D eigenvalue weighted by atomic mass is 10.0. The zero-order chi connectivity index (χ0) is 13.7. The van der Waals surface area contributed by atoms with Crippen LogP contribution in [0.1, 0.15) is 36.2 Å². The highest BCUT2D eigenvalue weighted by Crippen LogP contribution is 2.18. The summed E-state index contributed by atoms with van der Waals surface area (Å²) >= 11 is 3.42. The summed E-state index contributed by atoms with van der Waals surface area (Å²) in [6.07, 6.45) is 0.895. The van der Waals surface area contributed by atoms with Gasteiger partial charge in [0.25, 0.3) is 5.91 Å². The predicted molar refractivity (Wildman–Crippen MR) is 78.6 cm³/mol. The van der Waals surface area contributed by atoms with E-state index in [1.54, 1.807) is 0 Å². The summed E-state index contributed by atoms with van der Waals surface area (Å²) < 4.78 is 0.820. The van der Waals surface area contributed by atoms with Gasteiger partial charge in [-0.15, -0.1) is 0 Å². The molecule has 0 saturated heterocycles. The maximum Gasteiger partial charge on any atom is 0.252 e. The van der Waals surface area contributed by atoms with Gasteiger partial charge in [-0.05, 0) is 52.9 Å². The van der Waals surface area contributed by atoms with Crippen molar-refractivity contribution in [1.82, 2.24) is 5.32 Å². The van der Waals surface area contributed by atoms with Gasteiger partial charge in [0, 0.05) is 17.1 Å². The molecule has 0 bridgehead atoms. The lowest BCUT2D eigenvalue weighted by Gasteiger charge is -2.19. The average molecular weight is 313 g/mol. The molecule has 1 atom stereocenters. The lowest BCUT2D eigenvalue weighted by Crippen LogP contribution is -2.41. The van der Waals surface area contributed by atoms with Crippen molar-refractivity contribution in [2.75, 3.05) is 6.54 Å². The lowest BCUT2D eigenvalue weighted by molar-refractivity contribution is 0.0933. The fourth-order valence-electron chi connectivity index (χ4n) is 1.85. The van der Waals surface area contributed by atoms with Crippen LogP contribution in [0.25, 0.3) is 0 Å². The molecule has 0 fully saturated rings. The van der Waals surface area contributed by atoms with E-state index in [1.165, 1.54) is 0 Å². The van der Waals surface area contributed by atoms with Gasteiger partial charge in [0.05, 0.1) is 5.56 Å². The van der Waals surface area contributed by atoms with Crippen LogP contribution in [-0.2, 0) is 0 Å². The largest absolute Gasteiger partial charge is 0.348 e. The molecule has 0 saturated carbocycles. The molecule has 0 radical (unpaired) electrons. The van der Waals surface area contributed by atoms with Crippen LogP contribution in [-0.4, -0.2) is 18.5 Å². The molecule has 4 heteroatoms. The summed E-state index contributed by atoms with van der Waals surface area (Å²) in [7, 11) is 0. The van der Waals surface area contributed by atoms with Crippen molar-refractivity contribution < 1.29 is 4.79 Å². The van der Waals surface area contributed by atoms with E-state index in [9.17, 15) is 4.79 Å². The van der Waals surface area contributed by atoms with E-state index >= 15 is 0 Å². The highest BCUT2D eigenvalue weighted by atomic mass is 79.9. The van der Waals surface area contributed by atoms with Crippen LogP contribution in [0.2, 0.25) is 0 Å². The van der Waals surface area contributed by atoms with Crippen LogP contribution < -0.4 is 11.1 Å². The van der Waals surface area contributed by atoms with Gasteiger partial charge in [0.2, 0.25) is 0 Å². The number of hydrogen-bond donors (Lipinski definition) is 2. The van der Waals surface area contributed by atoms with Crippen LogP contribution in [0.5, 0.6) is 0 Å². The maximum absolute atomic E-state index is 12.1. The fraction of sp³-hybridized carbons (Fsp3) is 0.500. The smallest absolute Gasteiger partial charge is 0.252 e. The molecule has 1 aromatic carbocycles. The Hall–Kier alpha value is -0.870. The van der Waals surface area contributed by atoms with Gasteiger partial charge in [0.15, 0.2) is 0 Å². The zero-order valence-corrected chi connectivity index (χ0v) is 12.8. The van der Waals surface area contributed by atoms with E-state index in [-0.39, 0.29) is 11.9 Å². The number of carbonyl (C=O) groups is 1. The molecule has 1 unspecified atom stereocenters. The summed E-state index contributed by atoms with van der Waals surface area (Å²) in [5, 5.41) is 2.98. The van der Waals surface area contributed by atoms with Crippen LogP contribution in [0.3, 0.4) is 0 Å². The molecule has 0 aliphatic rings. The van der Waals surface area contributed by atoms with E-state index in [4.69, 9.17) is 5.73 Å². The molecule has 0 aliphatic carbocycles. The van der Waals surface area contributed by atoms with Crippen LogP contribution in [0.4, 0.5) is 0 Å². The van der Waals surface area contributed by atoms with Crippen molar-refractivity contribution in [2.45, 2.75) is 33.2 Å². The third-order valence-corrected chi connectivity index (χ3v) is 3.40. The fourth-order valence-corrected chi connectivity index (χ4v) is 2.52. The second-order valence-corrected chi connectivity index (χ2v) is 5.87. The van der Waals surface area contributed by atoms with Gasteiger partial charge in [-0.25, -0.2) is 0 Å². The van der Waals surface area contributed by atoms with Crippen LogP contribution in [0.15, 0.2) is 22.7 Å². The van der Waals surface area contributed by atoms with Crippen molar-refractivity contribution >= 4 is 21.8 Å². The molecule has 3 nitrogen and oxygen atoms in total. The Morgan fingerprint density at radius 1 is 1.44 bits per heavy atom. The highest BCUT2D eigenvalue weighted by molar-refractivity contribution is 9.10. The van der Waals surface area contributed by atoms with Crippen molar-refractivity contribution in [1.29, 1.82) is 0 Å². The normalized spacial score (nSPS) is 12.6. The first-order valence-electron chi connectivity index (χ1n) is 6.21. The summed E-state index contributed by atoms with van der Waals surface area (Å²) in [6, 6.07) is 5.73. The van der Waals surface area contributed by atoms with E-state index < -0.39 is 0 Å². The first-order valence-corrected chi connectivity index (χ1v) is 7.00. The number of hydrogen-bond acceptors (Lipinski definition) is 2. The number of nitrogens with two attached hydrogens (primary N) is 1. The van der Waals surface area contributed by atoms with Crippen molar-refractivity contribution in [2.24, 2.45) is 11.7 Å². The first kappa shape index (κ1) is 15.2. The van der Waals surface area contributed by atoms with Crippen LogP contribution in [0, 0.1) is 12.8 Å². The van der Waals surface area contributed by atoms with Gasteiger partial charge in [-0.1, -0.05) is 19.9 Å². The van der Waals surface area contributed by atoms with Crippen molar-refractivity contribution in [3.8, 4) is 0 Å². The molecule has 0 heterocycles. The number of halogens is 1. The molecule has 18 heavy (non-hydrogen) atoms. The number of amides is 1. The Balaban J connectivity index is 2.74.